The number of carboxylic acid groups (broad SMARTS) is 1. The van der Waals surface area contributed by atoms with Crippen LogP contribution in [0.15, 0.2) is 12.2 Å². The average molecular weight is 172 g/mol. The van der Waals surface area contributed by atoms with E-state index in [-0.39, 0.29) is 5.57 Å². The Balaban J connectivity index is 0.000000202. The quantitative estimate of drug-likeness (QED) is 0.645. The van der Waals surface area contributed by atoms with Crippen LogP contribution in [0.5, 0.6) is 0 Å². The van der Waals surface area contributed by atoms with E-state index >= 15 is 0 Å². The van der Waals surface area contributed by atoms with Gasteiger partial charge in [-0.2, -0.15) is 0 Å². The molecule has 1 aliphatic rings. The second-order valence-electron chi connectivity index (χ2n) is 2.90. The summed E-state index contributed by atoms with van der Waals surface area (Å²) in [6.07, 6.45) is 1.29. The lowest BCUT2D eigenvalue weighted by atomic mass is 10.1. The van der Waals surface area contributed by atoms with Crippen LogP contribution in [-0.2, 0) is 9.53 Å². The minimum absolute atomic E-state index is 0.176. The van der Waals surface area contributed by atoms with Gasteiger partial charge in [0.05, 0.1) is 13.2 Å². The molecule has 70 valence electrons. The number of carbonyl (C=O) groups is 1. The normalized spacial score (nSPS) is 15.5. The van der Waals surface area contributed by atoms with E-state index in [1.807, 2.05) is 0 Å². The van der Waals surface area contributed by atoms with Gasteiger partial charge in [-0.25, -0.2) is 4.79 Å². The summed E-state index contributed by atoms with van der Waals surface area (Å²) in [5, 5.41) is 7.89. The van der Waals surface area contributed by atoms with Gasteiger partial charge in [0.2, 0.25) is 0 Å². The van der Waals surface area contributed by atoms with Crippen LogP contribution in [-0.4, -0.2) is 24.3 Å². The summed E-state index contributed by atoms with van der Waals surface area (Å²) in [6, 6.07) is 0. The number of carboxylic acids is 1. The topological polar surface area (TPSA) is 46.5 Å². The summed E-state index contributed by atoms with van der Waals surface area (Å²) >= 11 is 0. The van der Waals surface area contributed by atoms with Gasteiger partial charge in [0.15, 0.2) is 0 Å². The van der Waals surface area contributed by atoms with Crippen molar-refractivity contribution in [1.82, 2.24) is 0 Å². The first-order valence-electron chi connectivity index (χ1n) is 4.04. The standard InChI is InChI=1S/C5H10O.C4H6O2/c1-2-5-3-6-4-5;1-3(2)4(5)6/h5H,2-4H2,1H3;1H2,2H3,(H,5,6). The van der Waals surface area contributed by atoms with Gasteiger partial charge in [0.25, 0.3) is 0 Å². The van der Waals surface area contributed by atoms with Crippen LogP contribution in [0.4, 0.5) is 0 Å². The second-order valence-corrected chi connectivity index (χ2v) is 2.90. The van der Waals surface area contributed by atoms with Crippen molar-refractivity contribution in [2.75, 3.05) is 13.2 Å². The Bertz CT molecular complexity index is 144. The first-order valence-corrected chi connectivity index (χ1v) is 4.04. The Labute approximate surface area is 73.0 Å². The third kappa shape index (κ3) is 4.91. The van der Waals surface area contributed by atoms with Gasteiger partial charge >= 0.3 is 5.97 Å². The molecule has 0 amide bonds. The molecule has 1 fully saturated rings. The molecular formula is C9H16O3. The average Bonchev–Trinajstić information content (AvgIpc) is 1.86. The molecule has 0 saturated carbocycles. The molecule has 0 bridgehead atoms. The van der Waals surface area contributed by atoms with Crippen LogP contribution < -0.4 is 0 Å². The van der Waals surface area contributed by atoms with Gasteiger partial charge in [0, 0.05) is 11.5 Å². The van der Waals surface area contributed by atoms with E-state index in [0.717, 1.165) is 19.1 Å². The van der Waals surface area contributed by atoms with E-state index in [4.69, 9.17) is 9.84 Å². The van der Waals surface area contributed by atoms with Crippen molar-refractivity contribution in [3.8, 4) is 0 Å². The molecule has 0 unspecified atom stereocenters. The highest BCUT2D eigenvalue weighted by Gasteiger charge is 2.14. The van der Waals surface area contributed by atoms with Gasteiger partial charge in [-0.05, 0) is 13.3 Å². The van der Waals surface area contributed by atoms with Crippen LogP contribution in [0.1, 0.15) is 20.3 Å². The Morgan fingerprint density at radius 3 is 2.08 bits per heavy atom. The first kappa shape index (κ1) is 11.2. The van der Waals surface area contributed by atoms with Gasteiger partial charge in [-0.3, -0.25) is 0 Å². The molecule has 0 radical (unpaired) electrons. The number of hydrogen-bond acceptors (Lipinski definition) is 2. The number of ether oxygens (including phenoxy) is 1. The molecule has 3 nitrogen and oxygen atoms in total. The maximum absolute atomic E-state index is 9.60. The number of aliphatic carboxylic acids is 1. The maximum atomic E-state index is 9.60. The Morgan fingerprint density at radius 1 is 1.67 bits per heavy atom. The Morgan fingerprint density at radius 2 is 2.08 bits per heavy atom. The zero-order chi connectivity index (χ0) is 9.56. The highest BCUT2D eigenvalue weighted by atomic mass is 16.5. The monoisotopic (exact) mass is 172 g/mol. The third-order valence-electron chi connectivity index (χ3n) is 1.65. The molecule has 1 aliphatic heterocycles. The van der Waals surface area contributed by atoms with Gasteiger partial charge in [-0.1, -0.05) is 13.5 Å². The number of hydrogen-bond donors (Lipinski definition) is 1. The third-order valence-corrected chi connectivity index (χ3v) is 1.65. The van der Waals surface area contributed by atoms with Crippen LogP contribution in [0, 0.1) is 5.92 Å². The van der Waals surface area contributed by atoms with E-state index in [2.05, 4.69) is 13.5 Å². The van der Waals surface area contributed by atoms with E-state index < -0.39 is 5.97 Å². The summed E-state index contributed by atoms with van der Waals surface area (Å²) < 4.78 is 4.93. The summed E-state index contributed by atoms with van der Waals surface area (Å²) in [5.74, 6) is -0.0417. The smallest absolute Gasteiger partial charge is 0.330 e. The summed E-state index contributed by atoms with van der Waals surface area (Å²) in [5.41, 5.74) is 0.176. The lowest BCUT2D eigenvalue weighted by molar-refractivity contribution is -0.132. The lowest BCUT2D eigenvalue weighted by Crippen LogP contribution is -2.26. The van der Waals surface area contributed by atoms with Crippen LogP contribution >= 0.6 is 0 Å². The molecule has 1 N–H and O–H groups in total. The zero-order valence-corrected chi connectivity index (χ0v) is 7.67. The molecule has 3 heteroatoms. The largest absolute Gasteiger partial charge is 0.478 e. The van der Waals surface area contributed by atoms with Crippen molar-refractivity contribution in [2.45, 2.75) is 20.3 Å². The van der Waals surface area contributed by atoms with E-state index in [9.17, 15) is 4.79 Å². The lowest BCUT2D eigenvalue weighted by Gasteiger charge is -2.23. The molecule has 1 heterocycles. The minimum atomic E-state index is -0.935. The molecule has 0 aromatic carbocycles. The number of rotatable bonds is 2. The fraction of sp³-hybridized carbons (Fsp3) is 0.667. The van der Waals surface area contributed by atoms with Crippen molar-refractivity contribution in [3.05, 3.63) is 12.2 Å². The highest BCUT2D eigenvalue weighted by Crippen LogP contribution is 2.12. The SMILES string of the molecule is C=C(C)C(=O)O.CCC1COC1. The fourth-order valence-corrected chi connectivity index (χ4v) is 0.520. The molecule has 0 aromatic heterocycles. The zero-order valence-electron chi connectivity index (χ0n) is 7.67. The van der Waals surface area contributed by atoms with Crippen LogP contribution in [0.2, 0.25) is 0 Å². The molecule has 0 aliphatic carbocycles. The van der Waals surface area contributed by atoms with Crippen molar-refractivity contribution in [2.24, 2.45) is 5.92 Å². The van der Waals surface area contributed by atoms with Crippen molar-refractivity contribution in [1.29, 1.82) is 0 Å². The van der Waals surface area contributed by atoms with Crippen molar-refractivity contribution >= 4 is 5.97 Å². The highest BCUT2D eigenvalue weighted by molar-refractivity contribution is 5.84. The molecule has 1 rings (SSSR count). The maximum Gasteiger partial charge on any atom is 0.330 e. The minimum Gasteiger partial charge on any atom is -0.478 e. The van der Waals surface area contributed by atoms with Gasteiger partial charge in [0.1, 0.15) is 0 Å². The first-order chi connectivity index (χ1) is 5.57. The van der Waals surface area contributed by atoms with Crippen LogP contribution in [0.25, 0.3) is 0 Å². The van der Waals surface area contributed by atoms with E-state index in [1.165, 1.54) is 13.3 Å². The molecule has 0 atom stereocenters. The summed E-state index contributed by atoms with van der Waals surface area (Å²) in [4.78, 5) is 9.60. The molecule has 0 spiro atoms. The molecule has 0 aromatic rings. The van der Waals surface area contributed by atoms with Crippen molar-refractivity contribution in [3.63, 3.8) is 0 Å². The van der Waals surface area contributed by atoms with E-state index in [1.54, 1.807) is 0 Å². The summed E-state index contributed by atoms with van der Waals surface area (Å²) in [6.45, 7) is 8.82. The summed E-state index contributed by atoms with van der Waals surface area (Å²) in [7, 11) is 0. The predicted octanol–water partition coefficient (Wildman–Crippen LogP) is 1.69. The predicted molar refractivity (Wildman–Crippen MR) is 47.0 cm³/mol. The van der Waals surface area contributed by atoms with Gasteiger partial charge in [-0.15, -0.1) is 0 Å². The molecule has 12 heavy (non-hydrogen) atoms. The molecular weight excluding hydrogens is 156 g/mol. The van der Waals surface area contributed by atoms with Crippen LogP contribution in [0.3, 0.4) is 0 Å². The Hall–Kier alpha value is -0.830. The fourth-order valence-electron chi connectivity index (χ4n) is 0.520. The van der Waals surface area contributed by atoms with Gasteiger partial charge < -0.3 is 9.84 Å². The Kier molecular flexibility index (Phi) is 5.37. The van der Waals surface area contributed by atoms with Crippen molar-refractivity contribution < 1.29 is 14.6 Å². The second kappa shape index (κ2) is 5.77. The van der Waals surface area contributed by atoms with E-state index in [0.29, 0.717) is 0 Å². The molecule has 1 saturated heterocycles.